The molecule has 0 bridgehead atoms. The highest BCUT2D eigenvalue weighted by molar-refractivity contribution is 5.82. The van der Waals surface area contributed by atoms with Crippen LogP contribution in [0.4, 0.5) is 0 Å². The van der Waals surface area contributed by atoms with Gasteiger partial charge in [-0.05, 0) is 12.8 Å². The average Bonchev–Trinajstić information content (AvgIpc) is 2.75. The van der Waals surface area contributed by atoms with Crippen LogP contribution in [0.5, 0.6) is 0 Å². The van der Waals surface area contributed by atoms with Gasteiger partial charge in [-0.3, -0.25) is 9.59 Å². The third-order valence-corrected chi connectivity index (χ3v) is 2.53. The molecule has 1 fully saturated rings. The average molecular weight is 256 g/mol. The third kappa shape index (κ3) is 6.37. The van der Waals surface area contributed by atoms with Crippen LogP contribution in [-0.4, -0.2) is 30.7 Å². The predicted octanol–water partition coefficient (Wildman–Crippen LogP) is 1.02. The second-order valence-corrected chi connectivity index (χ2v) is 4.38. The fourth-order valence-electron chi connectivity index (χ4n) is 1.63. The summed E-state index contributed by atoms with van der Waals surface area (Å²) >= 11 is 0. The molecule has 1 saturated heterocycles. The van der Waals surface area contributed by atoms with Gasteiger partial charge in [-0.1, -0.05) is 27.2 Å². The van der Waals surface area contributed by atoms with Crippen molar-refractivity contribution in [2.75, 3.05) is 6.54 Å². The Kier molecular flexibility index (Phi) is 8.88. The Hall–Kier alpha value is -1.39. The number of carbonyl (C=O) groups excluding carboxylic acids is 3. The Morgan fingerprint density at radius 2 is 2.11 bits per heavy atom. The zero-order valence-corrected chi connectivity index (χ0v) is 11.5. The number of aldehydes is 1. The van der Waals surface area contributed by atoms with Crippen molar-refractivity contribution in [3.8, 4) is 0 Å². The molecule has 0 aromatic rings. The molecule has 0 aromatic heterocycles. The lowest BCUT2D eigenvalue weighted by Gasteiger charge is -2.14. The van der Waals surface area contributed by atoms with Gasteiger partial charge in [0.05, 0.1) is 6.04 Å². The first kappa shape index (κ1) is 16.6. The molecule has 2 atom stereocenters. The minimum Gasteiger partial charge on any atom is -0.356 e. The standard InChI is InChI=1S/C10H16N2O3.C3H8/c1-2-9(14)12-8(6-13)5-7-3-4-11-10(7)15;1-3-2/h6-8H,2-5H2,1H3,(H,11,15)(H,12,14);3H2,1-2H3. The molecule has 18 heavy (non-hydrogen) atoms. The van der Waals surface area contributed by atoms with E-state index < -0.39 is 6.04 Å². The third-order valence-electron chi connectivity index (χ3n) is 2.53. The van der Waals surface area contributed by atoms with Crippen LogP contribution >= 0.6 is 0 Å². The van der Waals surface area contributed by atoms with Crippen molar-refractivity contribution in [3.63, 3.8) is 0 Å². The summed E-state index contributed by atoms with van der Waals surface area (Å²) in [7, 11) is 0. The van der Waals surface area contributed by atoms with Crippen molar-refractivity contribution < 1.29 is 14.4 Å². The summed E-state index contributed by atoms with van der Waals surface area (Å²) in [6.45, 7) is 6.64. The first-order chi connectivity index (χ1) is 8.58. The summed E-state index contributed by atoms with van der Waals surface area (Å²) in [4.78, 5) is 33.0. The molecule has 104 valence electrons. The summed E-state index contributed by atoms with van der Waals surface area (Å²) in [5, 5.41) is 5.28. The molecule has 1 heterocycles. The molecule has 2 N–H and O–H groups in total. The van der Waals surface area contributed by atoms with Crippen LogP contribution < -0.4 is 10.6 Å². The maximum absolute atomic E-state index is 11.2. The highest BCUT2D eigenvalue weighted by Crippen LogP contribution is 2.15. The number of rotatable bonds is 5. The molecule has 0 saturated carbocycles. The Labute approximate surface area is 109 Å². The molecular weight excluding hydrogens is 232 g/mol. The van der Waals surface area contributed by atoms with Gasteiger partial charge in [-0.2, -0.15) is 0 Å². The zero-order chi connectivity index (χ0) is 14.0. The van der Waals surface area contributed by atoms with Crippen LogP contribution in [-0.2, 0) is 14.4 Å². The van der Waals surface area contributed by atoms with Crippen LogP contribution in [0.15, 0.2) is 0 Å². The predicted molar refractivity (Wildman–Crippen MR) is 70.0 cm³/mol. The van der Waals surface area contributed by atoms with Gasteiger partial charge in [0.1, 0.15) is 6.29 Å². The maximum atomic E-state index is 11.2. The summed E-state index contributed by atoms with van der Waals surface area (Å²) in [6, 6.07) is -0.536. The molecule has 1 aliphatic rings. The largest absolute Gasteiger partial charge is 0.356 e. The van der Waals surface area contributed by atoms with Crippen molar-refractivity contribution in [1.29, 1.82) is 0 Å². The van der Waals surface area contributed by atoms with E-state index in [1.54, 1.807) is 6.92 Å². The Balaban J connectivity index is 0.000000873. The molecule has 1 rings (SSSR count). The smallest absolute Gasteiger partial charge is 0.223 e. The molecule has 0 aliphatic carbocycles. The topological polar surface area (TPSA) is 75.3 Å². The fourth-order valence-corrected chi connectivity index (χ4v) is 1.63. The molecule has 0 spiro atoms. The van der Waals surface area contributed by atoms with Crippen molar-refractivity contribution in [2.45, 2.75) is 52.5 Å². The Morgan fingerprint density at radius 3 is 2.50 bits per heavy atom. The maximum Gasteiger partial charge on any atom is 0.223 e. The van der Waals surface area contributed by atoms with Gasteiger partial charge in [-0.15, -0.1) is 0 Å². The molecule has 1 aliphatic heterocycles. The van der Waals surface area contributed by atoms with Crippen LogP contribution in [0.25, 0.3) is 0 Å². The van der Waals surface area contributed by atoms with E-state index in [1.165, 1.54) is 6.42 Å². The molecule has 0 radical (unpaired) electrons. The van der Waals surface area contributed by atoms with E-state index >= 15 is 0 Å². The highest BCUT2D eigenvalue weighted by Gasteiger charge is 2.27. The van der Waals surface area contributed by atoms with Crippen LogP contribution in [0, 0.1) is 5.92 Å². The first-order valence-electron chi connectivity index (χ1n) is 6.61. The van der Waals surface area contributed by atoms with E-state index in [2.05, 4.69) is 24.5 Å². The van der Waals surface area contributed by atoms with E-state index in [-0.39, 0.29) is 17.7 Å². The SMILES string of the molecule is CCC.CCC(=O)NC(C=O)CC1CCNC1=O. The van der Waals surface area contributed by atoms with Crippen LogP contribution in [0.1, 0.15) is 46.5 Å². The van der Waals surface area contributed by atoms with Crippen LogP contribution in [0.3, 0.4) is 0 Å². The van der Waals surface area contributed by atoms with E-state index in [0.29, 0.717) is 25.7 Å². The molecule has 2 unspecified atom stereocenters. The molecular formula is C13H24N2O3. The quantitative estimate of drug-likeness (QED) is 0.721. The lowest BCUT2D eigenvalue weighted by atomic mass is 9.99. The van der Waals surface area contributed by atoms with E-state index in [4.69, 9.17) is 0 Å². The van der Waals surface area contributed by atoms with E-state index in [0.717, 1.165) is 6.42 Å². The zero-order valence-electron chi connectivity index (χ0n) is 11.5. The Bertz CT molecular complexity index is 279. The van der Waals surface area contributed by atoms with Crippen molar-refractivity contribution >= 4 is 18.1 Å². The lowest BCUT2D eigenvalue weighted by molar-refractivity contribution is -0.126. The van der Waals surface area contributed by atoms with E-state index in [9.17, 15) is 14.4 Å². The Morgan fingerprint density at radius 1 is 1.50 bits per heavy atom. The number of hydrogen-bond donors (Lipinski definition) is 2. The summed E-state index contributed by atoms with van der Waals surface area (Å²) in [6.07, 6.45) is 3.44. The summed E-state index contributed by atoms with van der Waals surface area (Å²) < 4.78 is 0. The minimum atomic E-state index is -0.536. The summed E-state index contributed by atoms with van der Waals surface area (Å²) in [5.74, 6) is -0.324. The number of amides is 2. The number of hydrogen-bond acceptors (Lipinski definition) is 3. The normalized spacial score (nSPS) is 19.3. The number of carbonyl (C=O) groups is 3. The van der Waals surface area contributed by atoms with Gasteiger partial charge >= 0.3 is 0 Å². The lowest BCUT2D eigenvalue weighted by Crippen LogP contribution is -2.38. The van der Waals surface area contributed by atoms with Gasteiger partial charge in [0, 0.05) is 18.9 Å². The first-order valence-corrected chi connectivity index (χ1v) is 6.61. The minimum absolute atomic E-state index is 0.0207. The highest BCUT2D eigenvalue weighted by atomic mass is 16.2. The fraction of sp³-hybridized carbons (Fsp3) is 0.769. The van der Waals surface area contributed by atoms with E-state index in [1.807, 2.05) is 0 Å². The van der Waals surface area contributed by atoms with Gasteiger partial charge in [0.25, 0.3) is 0 Å². The van der Waals surface area contributed by atoms with Gasteiger partial charge in [0.15, 0.2) is 0 Å². The van der Waals surface area contributed by atoms with Crippen molar-refractivity contribution in [3.05, 3.63) is 0 Å². The molecule has 5 nitrogen and oxygen atoms in total. The second kappa shape index (κ2) is 9.62. The monoisotopic (exact) mass is 256 g/mol. The second-order valence-electron chi connectivity index (χ2n) is 4.38. The van der Waals surface area contributed by atoms with Gasteiger partial charge in [0.2, 0.25) is 11.8 Å². The van der Waals surface area contributed by atoms with Gasteiger partial charge in [-0.25, -0.2) is 0 Å². The van der Waals surface area contributed by atoms with Gasteiger partial charge < -0.3 is 15.4 Å². The summed E-state index contributed by atoms with van der Waals surface area (Å²) in [5.41, 5.74) is 0. The van der Waals surface area contributed by atoms with Crippen molar-refractivity contribution in [1.82, 2.24) is 10.6 Å². The molecule has 5 heteroatoms. The number of nitrogens with one attached hydrogen (secondary N) is 2. The molecule has 0 aromatic carbocycles. The van der Waals surface area contributed by atoms with Crippen molar-refractivity contribution in [2.24, 2.45) is 5.92 Å². The molecule has 2 amide bonds. The van der Waals surface area contributed by atoms with Crippen LogP contribution in [0.2, 0.25) is 0 Å².